The number of rotatable bonds is 20. The predicted molar refractivity (Wildman–Crippen MR) is 239 cm³/mol. The number of hydrogen-bond donors (Lipinski definition) is 19. The molecule has 34 nitrogen and oxygen atoms in total. The Morgan fingerprint density at radius 1 is 0.325 bits per heavy atom. The van der Waals surface area contributed by atoms with Crippen molar-refractivity contribution >= 4 is 17.7 Å². The van der Waals surface area contributed by atoms with Gasteiger partial charge in [-0.05, 0) is 0 Å². The average molecular weight is 1130 g/mol. The lowest BCUT2D eigenvalue weighted by Crippen LogP contribution is -2.71. The van der Waals surface area contributed by atoms with Crippen molar-refractivity contribution in [1.82, 2.24) is 16.0 Å². The Morgan fingerprint density at radius 2 is 0.584 bits per heavy atom. The van der Waals surface area contributed by atoms with Crippen molar-refractivity contribution in [2.24, 2.45) is 0 Å². The second-order valence-corrected chi connectivity index (χ2v) is 19.2. The number of methoxy groups -OCH3 is 1. The van der Waals surface area contributed by atoms with E-state index in [0.717, 1.165) is 20.8 Å². The van der Waals surface area contributed by atoms with Gasteiger partial charge in [0.2, 0.25) is 17.7 Å². The fraction of sp³-hybridized carbons (Fsp3) is 0.930. The highest BCUT2D eigenvalue weighted by Gasteiger charge is 2.58. The molecule has 0 aromatic carbocycles. The smallest absolute Gasteiger partial charge is 0.217 e. The van der Waals surface area contributed by atoms with Crippen LogP contribution >= 0.6 is 0 Å². The third-order valence-electron chi connectivity index (χ3n) is 13.8. The van der Waals surface area contributed by atoms with Crippen molar-refractivity contribution in [3.05, 3.63) is 0 Å². The Morgan fingerprint density at radius 3 is 0.883 bits per heavy atom. The Kier molecular flexibility index (Phi) is 22.9. The zero-order valence-corrected chi connectivity index (χ0v) is 41.8. The van der Waals surface area contributed by atoms with Crippen molar-refractivity contribution in [2.75, 3.05) is 46.8 Å². The van der Waals surface area contributed by atoms with Crippen LogP contribution in [-0.2, 0) is 71.2 Å². The van der Waals surface area contributed by atoms with E-state index in [0.29, 0.717) is 0 Å². The molecule has 30 atom stereocenters. The van der Waals surface area contributed by atoms with E-state index in [1.807, 2.05) is 0 Å². The minimum atomic E-state index is -2.21. The molecule has 6 saturated heterocycles. The Bertz CT molecular complexity index is 1890. The third kappa shape index (κ3) is 14.0. The van der Waals surface area contributed by atoms with Crippen molar-refractivity contribution in [2.45, 2.75) is 205 Å². The number of hydrogen-bond acceptors (Lipinski definition) is 31. The van der Waals surface area contributed by atoms with Crippen LogP contribution in [0.3, 0.4) is 0 Å². The second kappa shape index (κ2) is 27.8. The van der Waals surface area contributed by atoms with Gasteiger partial charge in [0.05, 0.1) is 39.6 Å². The SMILES string of the molecule is CO[C@@H]1O[C@H](CO)[C@@H](O[C@@H]2O[C@H](CO)[C@H](O)[C@H](O[C@@H]3O[C@H](CO)[C@@H](O[C@@H]4O[C@H](CO)[C@H](O)[C@H](O[C@@H]5O[C@H](CO)[C@@H](O[C@@H]6O[C@H](CO)[C@H](O)[C@H](O)[C@H]6O)[C@H](O)[C@H]5NC(C)=O)[C@H]4O)[C@H](O)[C@H]3NC(C)=O)[C@H]2O)[C@H](O)[C@H]1NC(C)=O. The average Bonchev–Trinajstić information content (AvgIpc) is 3.41. The van der Waals surface area contributed by atoms with Crippen LogP contribution in [0.4, 0.5) is 0 Å². The van der Waals surface area contributed by atoms with Crippen LogP contribution in [0.25, 0.3) is 0 Å². The molecule has 6 aliphatic heterocycles. The highest BCUT2D eigenvalue weighted by atomic mass is 16.8. The summed E-state index contributed by atoms with van der Waals surface area (Å²) in [4.78, 5) is 37.2. The van der Waals surface area contributed by atoms with E-state index in [-0.39, 0.29) is 0 Å². The third-order valence-corrected chi connectivity index (χ3v) is 13.8. The topological polar surface area (TPSA) is 522 Å². The van der Waals surface area contributed by atoms with Gasteiger partial charge >= 0.3 is 0 Å². The molecule has 3 amide bonds. The van der Waals surface area contributed by atoms with E-state index in [4.69, 9.17) is 56.8 Å². The molecule has 19 N–H and O–H groups in total. The number of carbonyl (C=O) groups excluding carboxylic acids is 3. The molecule has 446 valence electrons. The molecule has 0 bridgehead atoms. The monoisotopic (exact) mass is 1130 g/mol. The summed E-state index contributed by atoms with van der Waals surface area (Å²) in [6.07, 6.45) is -49.7. The van der Waals surface area contributed by atoms with E-state index in [9.17, 15) is 96.1 Å². The quantitative estimate of drug-likeness (QED) is 0.0538. The first-order valence-electron chi connectivity index (χ1n) is 24.5. The molecule has 6 rings (SSSR count). The summed E-state index contributed by atoms with van der Waals surface area (Å²) in [7, 11) is 1.20. The maximum atomic E-state index is 12.7. The zero-order chi connectivity index (χ0) is 56.9. The number of aliphatic hydroxyl groups is 16. The summed E-state index contributed by atoms with van der Waals surface area (Å²) < 4.78 is 68.9. The zero-order valence-electron chi connectivity index (χ0n) is 41.8. The summed E-state index contributed by atoms with van der Waals surface area (Å²) in [6.45, 7) is -2.54. The Labute approximate surface area is 437 Å². The molecule has 34 heteroatoms. The van der Waals surface area contributed by atoms with Gasteiger partial charge in [-0.3, -0.25) is 14.4 Å². The Balaban J connectivity index is 1.21. The fourth-order valence-corrected chi connectivity index (χ4v) is 9.91. The van der Waals surface area contributed by atoms with E-state index < -0.39 is 241 Å². The van der Waals surface area contributed by atoms with Crippen LogP contribution in [0, 0.1) is 0 Å². The minimum Gasteiger partial charge on any atom is -0.394 e. The van der Waals surface area contributed by atoms with Gasteiger partial charge in [-0.1, -0.05) is 0 Å². The summed E-state index contributed by atoms with van der Waals surface area (Å²) in [5, 5.41) is 181. The molecule has 0 aromatic rings. The first kappa shape index (κ1) is 63.5. The highest BCUT2D eigenvalue weighted by Crippen LogP contribution is 2.37. The molecular weight excluding hydrogens is 1050 g/mol. The van der Waals surface area contributed by atoms with E-state index in [2.05, 4.69) is 16.0 Å². The van der Waals surface area contributed by atoms with Crippen LogP contribution < -0.4 is 16.0 Å². The molecule has 77 heavy (non-hydrogen) atoms. The summed E-state index contributed by atoms with van der Waals surface area (Å²) in [5.74, 6) is -2.30. The van der Waals surface area contributed by atoms with Crippen molar-refractivity contribution < 1.29 is 153 Å². The summed E-state index contributed by atoms with van der Waals surface area (Å²) >= 11 is 0. The standard InChI is InChI=1S/C43H73N3O31/c1-11(53)44-20-26(59)33(17(8-50)70-38(20)66-4)74-42-31(64)36(24(57)15(6-48)68-42)77-40-22(46-13(3)55)28(61)35(19(10-52)72-40)75-43-32(65)37(25(58)16(7-49)69-43)76-39-21(45-12(2)54)27(60)34(18(9-51)71-39)73-41-30(63)29(62)23(56)14(5-47)67-41/h14-43,47-52,56-65H,5-10H2,1-4H3,(H,44,53)(H,45,54)(H,46,55)/t14-,15-,16-,17-,18-,19-,20-,21-,22-,23+,24+,25+,26-,27-,28-,29+,30-,31-,32-,33-,34-,35-,36+,37+,38-,39+,40+,41+,42+,43+/m1/s1. The van der Waals surface area contributed by atoms with Crippen LogP contribution in [0.5, 0.6) is 0 Å². The molecule has 6 fully saturated rings. The van der Waals surface area contributed by atoms with Gasteiger partial charge in [0, 0.05) is 27.9 Å². The van der Waals surface area contributed by atoms with Crippen molar-refractivity contribution in [1.29, 1.82) is 0 Å². The van der Waals surface area contributed by atoms with Crippen LogP contribution in [-0.4, -0.2) is 330 Å². The van der Waals surface area contributed by atoms with Crippen LogP contribution in [0.1, 0.15) is 20.8 Å². The second-order valence-electron chi connectivity index (χ2n) is 19.2. The van der Waals surface area contributed by atoms with E-state index in [1.54, 1.807) is 0 Å². The molecule has 6 heterocycles. The molecule has 0 unspecified atom stereocenters. The van der Waals surface area contributed by atoms with Crippen molar-refractivity contribution in [3.8, 4) is 0 Å². The summed E-state index contributed by atoms with van der Waals surface area (Å²) in [5.41, 5.74) is 0. The molecule has 0 spiro atoms. The largest absolute Gasteiger partial charge is 0.394 e. The molecule has 6 aliphatic rings. The minimum absolute atomic E-state index is 0.622. The summed E-state index contributed by atoms with van der Waals surface area (Å²) in [6, 6.07) is -4.83. The predicted octanol–water partition coefficient (Wildman–Crippen LogP) is -13.0. The van der Waals surface area contributed by atoms with Gasteiger partial charge < -0.3 is 154 Å². The maximum Gasteiger partial charge on any atom is 0.217 e. The molecule has 0 aliphatic carbocycles. The molecular formula is C43H73N3O31. The van der Waals surface area contributed by atoms with E-state index in [1.165, 1.54) is 7.11 Å². The first-order chi connectivity index (χ1) is 36.5. The number of ether oxygens (including phenoxy) is 12. The lowest BCUT2D eigenvalue weighted by atomic mass is 9.93. The van der Waals surface area contributed by atoms with Gasteiger partial charge in [-0.15, -0.1) is 0 Å². The van der Waals surface area contributed by atoms with Gasteiger partial charge in [-0.2, -0.15) is 0 Å². The fourth-order valence-electron chi connectivity index (χ4n) is 9.91. The van der Waals surface area contributed by atoms with E-state index >= 15 is 0 Å². The van der Waals surface area contributed by atoms with Gasteiger partial charge in [-0.25, -0.2) is 0 Å². The van der Waals surface area contributed by atoms with Crippen LogP contribution in [0.15, 0.2) is 0 Å². The van der Waals surface area contributed by atoms with Crippen LogP contribution in [0.2, 0.25) is 0 Å². The first-order valence-corrected chi connectivity index (χ1v) is 24.5. The van der Waals surface area contributed by atoms with Gasteiger partial charge in [0.1, 0.15) is 146 Å². The maximum absolute atomic E-state index is 12.7. The molecule has 0 saturated carbocycles. The molecule has 0 radical (unpaired) electrons. The lowest BCUT2D eigenvalue weighted by Gasteiger charge is -2.51. The van der Waals surface area contributed by atoms with Gasteiger partial charge in [0.25, 0.3) is 0 Å². The van der Waals surface area contributed by atoms with Gasteiger partial charge in [0.15, 0.2) is 37.7 Å². The highest BCUT2D eigenvalue weighted by molar-refractivity contribution is 5.74. The number of aliphatic hydroxyl groups excluding tert-OH is 16. The molecule has 0 aromatic heterocycles. The van der Waals surface area contributed by atoms with Crippen molar-refractivity contribution in [3.63, 3.8) is 0 Å². The normalized spacial score (nSPS) is 47.7. The number of nitrogens with one attached hydrogen (secondary N) is 3. The Hall–Kier alpha value is -2.71. The number of carbonyl (C=O) groups is 3. The lowest BCUT2D eigenvalue weighted by molar-refractivity contribution is -0.385. The number of amides is 3.